The van der Waals surface area contributed by atoms with Gasteiger partial charge in [-0.3, -0.25) is 9.59 Å². The summed E-state index contributed by atoms with van der Waals surface area (Å²) in [6.07, 6.45) is 1.99. The van der Waals surface area contributed by atoms with Crippen LogP contribution in [0.4, 0.5) is 5.69 Å². The van der Waals surface area contributed by atoms with Crippen molar-refractivity contribution in [1.29, 1.82) is 0 Å². The van der Waals surface area contributed by atoms with Gasteiger partial charge in [-0.2, -0.15) is 0 Å². The second kappa shape index (κ2) is 10.0. The molecule has 138 valence electrons. The Kier molecular flexibility index (Phi) is 7.73. The maximum Gasteiger partial charge on any atom is 0.325 e. The lowest BCUT2D eigenvalue weighted by Gasteiger charge is -2.29. The standard InChI is InChI=1S/C19H28N2O4/c1-3-21(14-15-9-11-24-12-10-15)19(23)16-7-5-6-8-17(16)20-13-18(22)25-4-2/h5-8,15,20H,3-4,9-14H2,1-2H3. The Morgan fingerprint density at radius 2 is 1.96 bits per heavy atom. The molecule has 1 aromatic carbocycles. The van der Waals surface area contributed by atoms with E-state index in [4.69, 9.17) is 9.47 Å². The van der Waals surface area contributed by atoms with Crippen LogP contribution in [-0.2, 0) is 14.3 Å². The Labute approximate surface area is 149 Å². The molecule has 1 amide bonds. The van der Waals surface area contributed by atoms with Crippen molar-refractivity contribution in [1.82, 2.24) is 4.90 Å². The lowest BCUT2D eigenvalue weighted by molar-refractivity contribution is -0.140. The van der Waals surface area contributed by atoms with Gasteiger partial charge in [-0.25, -0.2) is 0 Å². The number of esters is 1. The number of benzene rings is 1. The van der Waals surface area contributed by atoms with Gasteiger partial charge in [0.1, 0.15) is 6.54 Å². The average molecular weight is 348 g/mol. The SMILES string of the molecule is CCOC(=O)CNc1ccccc1C(=O)N(CC)CC1CCOCC1. The van der Waals surface area contributed by atoms with Crippen LogP contribution in [0.5, 0.6) is 0 Å². The van der Waals surface area contributed by atoms with Crippen LogP contribution in [0.3, 0.4) is 0 Å². The predicted molar refractivity (Wildman–Crippen MR) is 96.7 cm³/mol. The summed E-state index contributed by atoms with van der Waals surface area (Å²) in [5, 5.41) is 3.02. The normalized spacial score (nSPS) is 14.8. The zero-order chi connectivity index (χ0) is 18.1. The van der Waals surface area contributed by atoms with E-state index in [0.29, 0.717) is 30.3 Å². The highest BCUT2D eigenvalue weighted by atomic mass is 16.5. The first-order valence-electron chi connectivity index (χ1n) is 9.01. The summed E-state index contributed by atoms with van der Waals surface area (Å²) < 4.78 is 10.3. The monoisotopic (exact) mass is 348 g/mol. The molecular weight excluding hydrogens is 320 g/mol. The van der Waals surface area contributed by atoms with E-state index in [0.717, 1.165) is 32.6 Å². The average Bonchev–Trinajstić information content (AvgIpc) is 2.65. The Morgan fingerprint density at radius 3 is 2.64 bits per heavy atom. The molecule has 2 rings (SSSR count). The second-order valence-corrected chi connectivity index (χ2v) is 6.10. The molecule has 1 aliphatic heterocycles. The second-order valence-electron chi connectivity index (χ2n) is 6.10. The highest BCUT2D eigenvalue weighted by Gasteiger charge is 2.22. The molecule has 25 heavy (non-hydrogen) atoms. The van der Waals surface area contributed by atoms with Crippen LogP contribution in [0, 0.1) is 5.92 Å². The molecule has 0 spiro atoms. The highest BCUT2D eigenvalue weighted by molar-refractivity contribution is 6.00. The molecule has 1 heterocycles. The van der Waals surface area contributed by atoms with Gasteiger partial charge >= 0.3 is 5.97 Å². The Hall–Kier alpha value is -2.08. The van der Waals surface area contributed by atoms with Crippen LogP contribution in [0.25, 0.3) is 0 Å². The zero-order valence-corrected chi connectivity index (χ0v) is 15.1. The lowest BCUT2D eigenvalue weighted by Crippen LogP contribution is -2.37. The number of amides is 1. The molecule has 6 heteroatoms. The van der Waals surface area contributed by atoms with Crippen molar-refractivity contribution in [3.8, 4) is 0 Å². The van der Waals surface area contributed by atoms with E-state index >= 15 is 0 Å². The van der Waals surface area contributed by atoms with Crippen molar-refractivity contribution in [3.63, 3.8) is 0 Å². The summed E-state index contributed by atoms with van der Waals surface area (Å²) in [4.78, 5) is 26.4. The summed E-state index contributed by atoms with van der Waals surface area (Å²) in [6.45, 7) is 7.09. The van der Waals surface area contributed by atoms with E-state index < -0.39 is 0 Å². The van der Waals surface area contributed by atoms with Gasteiger partial charge in [-0.05, 0) is 44.7 Å². The number of carbonyl (C=O) groups excluding carboxylic acids is 2. The highest BCUT2D eigenvalue weighted by Crippen LogP contribution is 2.21. The molecule has 0 unspecified atom stereocenters. The maximum absolute atomic E-state index is 13.0. The topological polar surface area (TPSA) is 67.9 Å². The molecule has 1 saturated heterocycles. The number of anilines is 1. The Bertz CT molecular complexity index is 570. The number of rotatable bonds is 8. The van der Waals surface area contributed by atoms with E-state index in [2.05, 4.69) is 5.32 Å². The molecule has 0 aromatic heterocycles. The molecule has 1 fully saturated rings. The number of carbonyl (C=O) groups is 2. The van der Waals surface area contributed by atoms with Crippen molar-refractivity contribution in [2.75, 3.05) is 44.8 Å². The smallest absolute Gasteiger partial charge is 0.325 e. The third-order valence-electron chi connectivity index (χ3n) is 4.37. The molecule has 1 aromatic rings. The lowest BCUT2D eigenvalue weighted by atomic mass is 9.99. The van der Waals surface area contributed by atoms with E-state index in [1.54, 1.807) is 13.0 Å². The molecule has 0 radical (unpaired) electrons. The van der Waals surface area contributed by atoms with Crippen molar-refractivity contribution in [3.05, 3.63) is 29.8 Å². The number of hydrogen-bond acceptors (Lipinski definition) is 5. The number of hydrogen-bond donors (Lipinski definition) is 1. The first-order chi connectivity index (χ1) is 12.2. The van der Waals surface area contributed by atoms with Crippen molar-refractivity contribution in [2.24, 2.45) is 5.92 Å². The first kappa shape index (κ1) is 19.2. The number of nitrogens with zero attached hydrogens (tertiary/aromatic N) is 1. The van der Waals surface area contributed by atoms with Gasteiger partial charge in [0.2, 0.25) is 0 Å². The van der Waals surface area contributed by atoms with E-state index in [-0.39, 0.29) is 18.4 Å². The van der Waals surface area contributed by atoms with Gasteiger partial charge in [0.15, 0.2) is 0 Å². The van der Waals surface area contributed by atoms with Crippen molar-refractivity contribution in [2.45, 2.75) is 26.7 Å². The fourth-order valence-electron chi connectivity index (χ4n) is 2.97. The van der Waals surface area contributed by atoms with Gasteiger partial charge in [-0.15, -0.1) is 0 Å². The number of nitrogens with one attached hydrogen (secondary N) is 1. The molecule has 0 saturated carbocycles. The van der Waals surface area contributed by atoms with Crippen LogP contribution in [0.1, 0.15) is 37.0 Å². The minimum atomic E-state index is -0.334. The van der Waals surface area contributed by atoms with Crippen LogP contribution in [0.2, 0.25) is 0 Å². The minimum absolute atomic E-state index is 0.0130. The van der Waals surface area contributed by atoms with Gasteiger partial charge in [0.05, 0.1) is 12.2 Å². The number of para-hydroxylation sites is 1. The molecular formula is C19H28N2O4. The summed E-state index contributed by atoms with van der Waals surface area (Å²) in [7, 11) is 0. The van der Waals surface area contributed by atoms with Gasteiger partial charge in [-0.1, -0.05) is 12.1 Å². The van der Waals surface area contributed by atoms with Crippen LogP contribution < -0.4 is 5.32 Å². The van der Waals surface area contributed by atoms with Gasteiger partial charge in [0, 0.05) is 32.0 Å². The summed E-state index contributed by atoms with van der Waals surface area (Å²) in [5.41, 5.74) is 1.24. The quantitative estimate of drug-likeness (QED) is 0.731. The minimum Gasteiger partial charge on any atom is -0.465 e. The molecule has 1 aliphatic rings. The van der Waals surface area contributed by atoms with Crippen LogP contribution in [0.15, 0.2) is 24.3 Å². The first-order valence-corrected chi connectivity index (χ1v) is 9.01. The maximum atomic E-state index is 13.0. The van der Waals surface area contributed by atoms with E-state index in [1.165, 1.54) is 0 Å². The molecule has 1 N–H and O–H groups in total. The largest absolute Gasteiger partial charge is 0.465 e. The van der Waals surface area contributed by atoms with Gasteiger partial charge < -0.3 is 19.7 Å². The van der Waals surface area contributed by atoms with Gasteiger partial charge in [0.25, 0.3) is 5.91 Å². The van der Waals surface area contributed by atoms with Crippen molar-refractivity contribution >= 4 is 17.6 Å². The summed E-state index contributed by atoms with van der Waals surface area (Å²) in [6, 6.07) is 7.29. The molecule has 0 atom stereocenters. The molecule has 6 nitrogen and oxygen atoms in total. The predicted octanol–water partition coefficient (Wildman–Crippen LogP) is 2.55. The fraction of sp³-hybridized carbons (Fsp3) is 0.579. The summed E-state index contributed by atoms with van der Waals surface area (Å²) >= 11 is 0. The van der Waals surface area contributed by atoms with Crippen LogP contribution >= 0.6 is 0 Å². The summed E-state index contributed by atoms with van der Waals surface area (Å²) in [5.74, 6) is 0.137. The number of ether oxygens (including phenoxy) is 2. The zero-order valence-electron chi connectivity index (χ0n) is 15.1. The third kappa shape index (κ3) is 5.74. The van der Waals surface area contributed by atoms with E-state index in [9.17, 15) is 9.59 Å². The van der Waals surface area contributed by atoms with E-state index in [1.807, 2.05) is 30.0 Å². The van der Waals surface area contributed by atoms with Crippen LogP contribution in [-0.4, -0.2) is 56.2 Å². The van der Waals surface area contributed by atoms with Crippen molar-refractivity contribution < 1.29 is 19.1 Å². The Balaban J connectivity index is 2.04. The molecule has 0 aliphatic carbocycles. The molecule has 0 bridgehead atoms. The fourth-order valence-corrected chi connectivity index (χ4v) is 2.97. The Morgan fingerprint density at radius 1 is 1.24 bits per heavy atom. The third-order valence-corrected chi connectivity index (χ3v) is 4.37.